The summed E-state index contributed by atoms with van der Waals surface area (Å²) in [4.78, 5) is 38.2. The van der Waals surface area contributed by atoms with E-state index in [1.807, 2.05) is 4.98 Å². The molecule has 2 heterocycles. The number of nitrogens with one attached hydrogen (secondary N) is 1. The molecule has 0 atom stereocenters. The zero-order chi connectivity index (χ0) is 21.3. The smallest absolute Gasteiger partial charge is 0.383 e. The van der Waals surface area contributed by atoms with E-state index >= 15 is 0 Å². The fraction of sp³-hybridized carbons (Fsp3) is 0.176. The van der Waals surface area contributed by atoms with Crippen molar-refractivity contribution in [1.82, 2.24) is 19.3 Å². The van der Waals surface area contributed by atoms with Gasteiger partial charge in [-0.15, -0.1) is 0 Å². The lowest BCUT2D eigenvalue weighted by atomic mass is 10.1. The number of aromatic nitrogens is 4. The largest absolute Gasteiger partial charge is 0.416 e. The Bertz CT molecular complexity index is 1180. The van der Waals surface area contributed by atoms with Crippen LogP contribution in [-0.2, 0) is 24.6 Å². The van der Waals surface area contributed by atoms with Gasteiger partial charge in [-0.05, 0) is 17.7 Å². The van der Waals surface area contributed by atoms with Crippen LogP contribution in [0.1, 0.15) is 11.1 Å². The summed E-state index contributed by atoms with van der Waals surface area (Å²) >= 11 is 0. The number of hydrogen-bond donors (Lipinski definition) is 2. The molecule has 3 aromatic rings. The molecule has 9 nitrogen and oxygen atoms in total. The molecule has 3 rings (SSSR count). The first-order valence-electron chi connectivity index (χ1n) is 8.13. The second-order valence-electron chi connectivity index (χ2n) is 6.12. The predicted octanol–water partition coefficient (Wildman–Crippen LogP) is 1.21. The number of rotatable bonds is 5. The molecule has 0 fully saturated rings. The maximum absolute atomic E-state index is 12.9. The summed E-state index contributed by atoms with van der Waals surface area (Å²) in [5.41, 5.74) is 3.59. The van der Waals surface area contributed by atoms with Crippen LogP contribution in [-0.4, -0.2) is 25.7 Å². The van der Waals surface area contributed by atoms with Gasteiger partial charge in [-0.2, -0.15) is 18.3 Å². The molecule has 1 amide bonds. The number of alkyl halides is 3. The minimum absolute atomic E-state index is 0.00423. The Morgan fingerprint density at radius 2 is 2.03 bits per heavy atom. The maximum Gasteiger partial charge on any atom is 0.416 e. The number of halogens is 3. The number of amides is 1. The van der Waals surface area contributed by atoms with Gasteiger partial charge < -0.3 is 5.73 Å². The second-order valence-corrected chi connectivity index (χ2v) is 6.12. The first-order chi connectivity index (χ1) is 13.6. The van der Waals surface area contributed by atoms with E-state index in [9.17, 15) is 27.6 Å². The quantitative estimate of drug-likeness (QED) is 0.615. The summed E-state index contributed by atoms with van der Waals surface area (Å²) in [7, 11) is 1.32. The number of carbonyl (C=O) groups is 1. The van der Waals surface area contributed by atoms with Crippen molar-refractivity contribution in [2.45, 2.75) is 12.7 Å². The highest BCUT2D eigenvalue weighted by molar-refractivity contribution is 5.89. The first kappa shape index (κ1) is 19.9. The Kier molecular flexibility index (Phi) is 5.01. The summed E-state index contributed by atoms with van der Waals surface area (Å²) in [6.45, 7) is -0.00423. The lowest BCUT2D eigenvalue weighted by Crippen LogP contribution is -2.35. The van der Waals surface area contributed by atoms with Crippen LogP contribution in [0.5, 0.6) is 0 Å². The molecular weight excluding hydrogens is 393 g/mol. The molecule has 0 saturated carbocycles. The highest BCUT2D eigenvalue weighted by Crippen LogP contribution is 2.30. The molecule has 0 spiro atoms. The molecule has 0 radical (unpaired) electrons. The fourth-order valence-electron chi connectivity index (χ4n) is 2.70. The number of anilines is 3. The van der Waals surface area contributed by atoms with Crippen molar-refractivity contribution < 1.29 is 18.0 Å². The zero-order valence-electron chi connectivity index (χ0n) is 15.0. The van der Waals surface area contributed by atoms with Gasteiger partial charge in [-0.1, -0.05) is 12.1 Å². The van der Waals surface area contributed by atoms with E-state index in [2.05, 4.69) is 5.10 Å². The van der Waals surface area contributed by atoms with E-state index in [0.29, 0.717) is 12.0 Å². The standard InChI is InChI=1S/C17H15F3N6O3/c1-24-14(21)13(15(28)23-16(24)29)26(9-27)12-6-22-25(8-12)7-10-3-2-4-11(5-10)17(18,19)20/h2-6,8-9H,7,21H2,1H3,(H,23,28,29). The van der Waals surface area contributed by atoms with Crippen molar-refractivity contribution in [3.8, 4) is 0 Å². The van der Waals surface area contributed by atoms with Crippen LogP contribution in [0, 0.1) is 0 Å². The number of nitrogen functional groups attached to an aromatic ring is 1. The van der Waals surface area contributed by atoms with Gasteiger partial charge in [-0.3, -0.25) is 28.7 Å². The number of nitrogens with two attached hydrogens (primary N) is 1. The van der Waals surface area contributed by atoms with Gasteiger partial charge in [0.05, 0.1) is 24.0 Å². The maximum atomic E-state index is 12.9. The van der Waals surface area contributed by atoms with Gasteiger partial charge in [0.1, 0.15) is 5.82 Å². The molecule has 1 aromatic carbocycles. The molecule has 0 aliphatic carbocycles. The zero-order valence-corrected chi connectivity index (χ0v) is 15.0. The Morgan fingerprint density at radius 3 is 2.69 bits per heavy atom. The number of benzene rings is 1. The molecular formula is C17H15F3N6O3. The summed E-state index contributed by atoms with van der Waals surface area (Å²) < 4.78 is 40.8. The van der Waals surface area contributed by atoms with E-state index in [0.717, 1.165) is 21.6 Å². The van der Waals surface area contributed by atoms with Crippen molar-refractivity contribution in [2.24, 2.45) is 7.05 Å². The molecule has 2 aromatic heterocycles. The average molecular weight is 408 g/mol. The van der Waals surface area contributed by atoms with Crippen molar-refractivity contribution in [2.75, 3.05) is 10.6 Å². The van der Waals surface area contributed by atoms with Crippen LogP contribution >= 0.6 is 0 Å². The van der Waals surface area contributed by atoms with Gasteiger partial charge in [0.2, 0.25) is 6.41 Å². The monoisotopic (exact) mass is 408 g/mol. The molecule has 0 aliphatic heterocycles. The van der Waals surface area contributed by atoms with Crippen LogP contribution in [0.4, 0.5) is 30.4 Å². The van der Waals surface area contributed by atoms with Crippen molar-refractivity contribution >= 4 is 23.6 Å². The fourth-order valence-corrected chi connectivity index (χ4v) is 2.70. The van der Waals surface area contributed by atoms with E-state index in [1.54, 1.807) is 0 Å². The van der Waals surface area contributed by atoms with E-state index in [1.165, 1.54) is 36.3 Å². The van der Waals surface area contributed by atoms with Crippen LogP contribution in [0.2, 0.25) is 0 Å². The van der Waals surface area contributed by atoms with Gasteiger partial charge in [-0.25, -0.2) is 4.79 Å². The van der Waals surface area contributed by atoms with Gasteiger partial charge in [0.15, 0.2) is 5.69 Å². The van der Waals surface area contributed by atoms with Crippen LogP contribution in [0.15, 0.2) is 46.2 Å². The predicted molar refractivity (Wildman–Crippen MR) is 97.7 cm³/mol. The number of hydrogen-bond acceptors (Lipinski definition) is 5. The molecule has 0 unspecified atom stereocenters. The Morgan fingerprint density at radius 1 is 1.31 bits per heavy atom. The van der Waals surface area contributed by atoms with E-state index in [-0.39, 0.29) is 23.7 Å². The minimum Gasteiger partial charge on any atom is -0.383 e. The third-order valence-electron chi connectivity index (χ3n) is 4.19. The topological polar surface area (TPSA) is 119 Å². The van der Waals surface area contributed by atoms with E-state index in [4.69, 9.17) is 5.73 Å². The van der Waals surface area contributed by atoms with Crippen molar-refractivity contribution in [1.29, 1.82) is 0 Å². The Balaban J connectivity index is 1.94. The number of aromatic amines is 1. The van der Waals surface area contributed by atoms with Crippen molar-refractivity contribution in [3.05, 3.63) is 68.6 Å². The molecule has 3 N–H and O–H groups in total. The third-order valence-corrected chi connectivity index (χ3v) is 4.19. The average Bonchev–Trinajstić information content (AvgIpc) is 3.11. The number of H-pyrrole nitrogens is 1. The van der Waals surface area contributed by atoms with Gasteiger partial charge >= 0.3 is 11.9 Å². The SMILES string of the molecule is Cn1c(N)c(N(C=O)c2cnn(Cc3cccc(C(F)(F)F)c3)c2)c(=O)[nH]c1=O. The molecule has 0 aliphatic rings. The normalized spacial score (nSPS) is 11.4. The summed E-state index contributed by atoms with van der Waals surface area (Å²) in [5.74, 6) is -0.239. The summed E-state index contributed by atoms with van der Waals surface area (Å²) in [6.07, 6.45) is -1.55. The molecule has 0 bridgehead atoms. The Hall–Kier alpha value is -3.83. The van der Waals surface area contributed by atoms with Crippen LogP contribution < -0.4 is 21.9 Å². The summed E-state index contributed by atoms with van der Waals surface area (Å²) in [5, 5.41) is 4.01. The van der Waals surface area contributed by atoms with E-state index < -0.39 is 23.0 Å². The number of nitrogens with zero attached hydrogens (tertiary/aromatic N) is 4. The molecule has 29 heavy (non-hydrogen) atoms. The lowest BCUT2D eigenvalue weighted by molar-refractivity contribution is -0.137. The minimum atomic E-state index is -4.47. The number of carbonyl (C=O) groups excluding carboxylic acids is 1. The molecule has 152 valence electrons. The first-order valence-corrected chi connectivity index (χ1v) is 8.13. The molecule has 0 saturated heterocycles. The molecule has 12 heteroatoms. The van der Waals surface area contributed by atoms with Crippen LogP contribution in [0.25, 0.3) is 0 Å². The van der Waals surface area contributed by atoms with Crippen LogP contribution in [0.3, 0.4) is 0 Å². The lowest BCUT2D eigenvalue weighted by Gasteiger charge is -2.17. The highest BCUT2D eigenvalue weighted by Gasteiger charge is 2.30. The summed E-state index contributed by atoms with van der Waals surface area (Å²) in [6, 6.07) is 4.74. The van der Waals surface area contributed by atoms with Gasteiger partial charge in [0, 0.05) is 13.2 Å². The third kappa shape index (κ3) is 3.90. The Labute approximate surface area is 160 Å². The highest BCUT2D eigenvalue weighted by atomic mass is 19.4. The second kappa shape index (κ2) is 7.30. The van der Waals surface area contributed by atoms with Gasteiger partial charge in [0.25, 0.3) is 5.56 Å². The van der Waals surface area contributed by atoms with Crippen molar-refractivity contribution in [3.63, 3.8) is 0 Å².